The first-order valence-electron chi connectivity index (χ1n) is 6.79. The van der Waals surface area contributed by atoms with Gasteiger partial charge in [-0.25, -0.2) is 0 Å². The van der Waals surface area contributed by atoms with E-state index in [1.54, 1.807) is 24.3 Å². The van der Waals surface area contributed by atoms with Crippen molar-refractivity contribution < 1.29 is 4.79 Å². The minimum atomic E-state index is -0.478. The van der Waals surface area contributed by atoms with Crippen molar-refractivity contribution >= 4 is 5.91 Å². The highest BCUT2D eigenvalue weighted by Gasteiger charge is 2.17. The van der Waals surface area contributed by atoms with Crippen molar-refractivity contribution in [1.82, 2.24) is 20.5 Å². The van der Waals surface area contributed by atoms with Crippen LogP contribution >= 0.6 is 0 Å². The van der Waals surface area contributed by atoms with Gasteiger partial charge in [0, 0.05) is 12.5 Å². The van der Waals surface area contributed by atoms with Crippen molar-refractivity contribution in [2.75, 3.05) is 0 Å². The minimum Gasteiger partial charge on any atom is -0.348 e. The molecule has 1 unspecified atom stereocenters. The van der Waals surface area contributed by atoms with Gasteiger partial charge in [-0.3, -0.25) is 9.59 Å². The van der Waals surface area contributed by atoms with Gasteiger partial charge in [0.2, 0.25) is 5.91 Å². The molecule has 2 aromatic rings. The number of nitriles is 1. The van der Waals surface area contributed by atoms with E-state index in [0.717, 1.165) is 0 Å². The van der Waals surface area contributed by atoms with Crippen LogP contribution in [0.25, 0.3) is 11.4 Å². The molecule has 0 radical (unpaired) electrons. The maximum atomic E-state index is 12.2. The van der Waals surface area contributed by atoms with E-state index in [2.05, 4.69) is 20.5 Å². The maximum absolute atomic E-state index is 12.2. The van der Waals surface area contributed by atoms with Gasteiger partial charge < -0.3 is 10.3 Å². The van der Waals surface area contributed by atoms with Crippen LogP contribution in [0.1, 0.15) is 37.6 Å². The SMILES string of the molecule is CCC(NC(C)=O)c1nnc(-c2cccc(C#N)c2)[nH]c1=O. The van der Waals surface area contributed by atoms with E-state index < -0.39 is 11.6 Å². The van der Waals surface area contributed by atoms with Crippen LogP contribution < -0.4 is 10.9 Å². The average molecular weight is 297 g/mol. The van der Waals surface area contributed by atoms with E-state index >= 15 is 0 Å². The number of amides is 1. The van der Waals surface area contributed by atoms with Crippen LogP contribution in [0.2, 0.25) is 0 Å². The summed E-state index contributed by atoms with van der Waals surface area (Å²) in [5.41, 5.74) is 0.822. The molecule has 1 atom stereocenters. The van der Waals surface area contributed by atoms with Gasteiger partial charge in [-0.1, -0.05) is 19.1 Å². The van der Waals surface area contributed by atoms with Crippen LogP contribution in [-0.4, -0.2) is 21.1 Å². The van der Waals surface area contributed by atoms with Gasteiger partial charge in [0.15, 0.2) is 11.5 Å². The summed E-state index contributed by atoms with van der Waals surface area (Å²) in [5.74, 6) is 0.0439. The van der Waals surface area contributed by atoms with Crippen molar-refractivity contribution in [2.45, 2.75) is 26.3 Å². The molecule has 2 N–H and O–H groups in total. The zero-order valence-corrected chi connectivity index (χ0v) is 12.3. The molecule has 112 valence electrons. The summed E-state index contributed by atoms with van der Waals surface area (Å²) in [6.07, 6.45) is 0.528. The molecule has 1 aromatic carbocycles. The maximum Gasteiger partial charge on any atom is 0.275 e. The summed E-state index contributed by atoms with van der Waals surface area (Å²) in [6, 6.07) is 8.25. The molecule has 0 spiro atoms. The highest BCUT2D eigenvalue weighted by atomic mass is 16.1. The molecule has 0 saturated heterocycles. The Labute approximate surface area is 127 Å². The molecule has 0 aliphatic rings. The number of rotatable bonds is 4. The first kappa shape index (κ1) is 15.4. The summed E-state index contributed by atoms with van der Waals surface area (Å²) in [5, 5.41) is 19.5. The molecule has 0 aliphatic heterocycles. The Balaban J connectivity index is 2.39. The van der Waals surface area contributed by atoms with Crippen LogP contribution in [0.3, 0.4) is 0 Å². The Morgan fingerprint density at radius 2 is 2.23 bits per heavy atom. The predicted molar refractivity (Wildman–Crippen MR) is 79.7 cm³/mol. The number of carbonyl (C=O) groups is 1. The summed E-state index contributed by atoms with van der Waals surface area (Å²) < 4.78 is 0. The summed E-state index contributed by atoms with van der Waals surface area (Å²) >= 11 is 0. The van der Waals surface area contributed by atoms with Gasteiger partial charge in [0.05, 0.1) is 17.7 Å². The first-order chi connectivity index (χ1) is 10.5. The lowest BCUT2D eigenvalue weighted by atomic mass is 10.1. The summed E-state index contributed by atoms with van der Waals surface area (Å²) in [4.78, 5) is 26.0. The molecule has 1 amide bonds. The van der Waals surface area contributed by atoms with Gasteiger partial charge >= 0.3 is 0 Å². The van der Waals surface area contributed by atoms with Crippen molar-refractivity contribution in [3.8, 4) is 17.5 Å². The van der Waals surface area contributed by atoms with Gasteiger partial charge in [0.1, 0.15) is 0 Å². The average Bonchev–Trinajstić information content (AvgIpc) is 2.52. The highest BCUT2D eigenvalue weighted by molar-refractivity contribution is 5.73. The quantitative estimate of drug-likeness (QED) is 0.883. The molecule has 0 bridgehead atoms. The zero-order chi connectivity index (χ0) is 16.1. The van der Waals surface area contributed by atoms with Crippen LogP contribution in [0, 0.1) is 11.3 Å². The number of aromatic nitrogens is 3. The van der Waals surface area contributed by atoms with Crippen molar-refractivity contribution in [3.63, 3.8) is 0 Å². The van der Waals surface area contributed by atoms with Crippen molar-refractivity contribution in [1.29, 1.82) is 5.26 Å². The molecule has 0 aliphatic carbocycles. The fraction of sp³-hybridized carbons (Fsp3) is 0.267. The molecule has 1 heterocycles. The number of aromatic amines is 1. The third kappa shape index (κ3) is 3.35. The van der Waals surface area contributed by atoms with Crippen LogP contribution in [0.5, 0.6) is 0 Å². The number of benzene rings is 1. The van der Waals surface area contributed by atoms with Gasteiger partial charge in [-0.05, 0) is 18.6 Å². The molecular formula is C15H15N5O2. The highest BCUT2D eigenvalue weighted by Crippen LogP contribution is 2.15. The smallest absolute Gasteiger partial charge is 0.275 e. The van der Waals surface area contributed by atoms with Gasteiger partial charge in [0.25, 0.3) is 5.56 Å². The fourth-order valence-electron chi connectivity index (χ4n) is 2.05. The van der Waals surface area contributed by atoms with E-state index in [9.17, 15) is 9.59 Å². The van der Waals surface area contributed by atoms with E-state index in [4.69, 9.17) is 5.26 Å². The third-order valence-corrected chi connectivity index (χ3v) is 3.10. The largest absolute Gasteiger partial charge is 0.348 e. The third-order valence-electron chi connectivity index (χ3n) is 3.10. The fourth-order valence-corrected chi connectivity index (χ4v) is 2.05. The molecule has 1 aromatic heterocycles. The molecule has 7 nitrogen and oxygen atoms in total. The van der Waals surface area contributed by atoms with Gasteiger partial charge in [-0.2, -0.15) is 5.26 Å². The Morgan fingerprint density at radius 1 is 1.45 bits per heavy atom. The Morgan fingerprint density at radius 3 is 2.82 bits per heavy atom. The number of nitrogens with one attached hydrogen (secondary N) is 2. The lowest BCUT2D eigenvalue weighted by Gasteiger charge is -2.13. The Hall–Kier alpha value is -3.01. The monoisotopic (exact) mass is 297 g/mol. The number of nitrogens with zero attached hydrogens (tertiary/aromatic N) is 3. The van der Waals surface area contributed by atoms with Crippen LogP contribution in [0.4, 0.5) is 0 Å². The second-order valence-corrected chi connectivity index (χ2v) is 4.74. The van der Waals surface area contributed by atoms with E-state index in [1.165, 1.54) is 6.92 Å². The molecular weight excluding hydrogens is 282 g/mol. The van der Waals surface area contributed by atoms with E-state index in [0.29, 0.717) is 17.5 Å². The second kappa shape index (κ2) is 6.63. The second-order valence-electron chi connectivity index (χ2n) is 4.74. The number of H-pyrrole nitrogens is 1. The van der Waals surface area contributed by atoms with E-state index in [-0.39, 0.29) is 17.4 Å². The molecule has 0 saturated carbocycles. The standard InChI is InChI=1S/C15H15N5O2/c1-3-12(17-9(2)21)13-15(22)18-14(20-19-13)11-6-4-5-10(7-11)8-16/h4-7,12H,3H2,1-2H3,(H,17,21)(H,18,20,22). The molecule has 22 heavy (non-hydrogen) atoms. The first-order valence-corrected chi connectivity index (χ1v) is 6.79. The molecule has 2 rings (SSSR count). The topological polar surface area (TPSA) is 112 Å². The predicted octanol–water partition coefficient (Wildman–Crippen LogP) is 1.29. The molecule has 0 fully saturated rings. The molecule has 7 heteroatoms. The van der Waals surface area contributed by atoms with Crippen molar-refractivity contribution in [2.24, 2.45) is 0 Å². The Kier molecular flexibility index (Phi) is 4.63. The Bertz CT molecular complexity index is 791. The van der Waals surface area contributed by atoms with Crippen LogP contribution in [-0.2, 0) is 4.79 Å². The normalized spacial score (nSPS) is 11.5. The lowest BCUT2D eigenvalue weighted by molar-refractivity contribution is -0.119. The lowest BCUT2D eigenvalue weighted by Crippen LogP contribution is -2.32. The number of hydrogen-bond acceptors (Lipinski definition) is 5. The van der Waals surface area contributed by atoms with E-state index in [1.807, 2.05) is 13.0 Å². The number of carbonyl (C=O) groups excluding carboxylic acids is 1. The van der Waals surface area contributed by atoms with Crippen LogP contribution in [0.15, 0.2) is 29.1 Å². The van der Waals surface area contributed by atoms with Crippen molar-refractivity contribution in [3.05, 3.63) is 45.9 Å². The zero-order valence-electron chi connectivity index (χ0n) is 12.3. The summed E-state index contributed by atoms with van der Waals surface area (Å²) in [7, 11) is 0. The number of hydrogen-bond donors (Lipinski definition) is 2. The van der Waals surface area contributed by atoms with Gasteiger partial charge in [-0.15, -0.1) is 10.2 Å². The minimum absolute atomic E-state index is 0.165. The summed E-state index contributed by atoms with van der Waals surface area (Å²) in [6.45, 7) is 3.22.